The monoisotopic (exact) mass is 293 g/mol. The van der Waals surface area contributed by atoms with E-state index in [4.69, 9.17) is 0 Å². The van der Waals surface area contributed by atoms with Crippen LogP contribution in [0.1, 0.15) is 0 Å². The van der Waals surface area contributed by atoms with Gasteiger partial charge in [0.1, 0.15) is 11.2 Å². The molecule has 0 fully saturated rings. The quantitative estimate of drug-likeness (QED) is 0.627. The van der Waals surface area contributed by atoms with Crippen LogP contribution in [-0.4, -0.2) is 19.6 Å². The lowest BCUT2D eigenvalue weighted by atomic mass is 10.1. The molecular weight excluding hydrogens is 282 g/mol. The molecule has 21 heavy (non-hydrogen) atoms. The number of hydrogen-bond donors (Lipinski definition) is 1. The second-order valence-electron chi connectivity index (χ2n) is 4.52. The number of rotatable bonds is 3. The predicted molar refractivity (Wildman–Crippen MR) is 83.8 cm³/mol. The van der Waals surface area contributed by atoms with Gasteiger partial charge in [-0.25, -0.2) is 4.98 Å². The molecule has 0 radical (unpaired) electrons. The van der Waals surface area contributed by atoms with Gasteiger partial charge in [0.25, 0.3) is 0 Å². The molecule has 4 aromatic rings. The largest absolute Gasteiger partial charge is 0.330 e. The van der Waals surface area contributed by atoms with Gasteiger partial charge >= 0.3 is 0 Å². The molecule has 0 aliphatic rings. The Bertz CT molecular complexity index is 882. The molecule has 0 bridgehead atoms. The number of nitrogens with zero attached hydrogens (tertiary/aromatic N) is 4. The first-order valence-corrected chi connectivity index (χ1v) is 7.34. The Balaban J connectivity index is 1.75. The van der Waals surface area contributed by atoms with Crippen molar-refractivity contribution in [2.24, 2.45) is 0 Å². The molecule has 0 atom stereocenters. The van der Waals surface area contributed by atoms with E-state index in [-0.39, 0.29) is 0 Å². The highest BCUT2D eigenvalue weighted by Crippen LogP contribution is 2.25. The van der Waals surface area contributed by atoms with E-state index in [1.54, 1.807) is 5.51 Å². The molecule has 1 aromatic carbocycles. The molecule has 102 valence electrons. The number of hydrogen-bond acceptors (Lipinski definition) is 5. The highest BCUT2D eigenvalue weighted by atomic mass is 32.1. The van der Waals surface area contributed by atoms with Gasteiger partial charge in [-0.15, -0.1) is 10.2 Å². The molecule has 1 N–H and O–H groups in total. The summed E-state index contributed by atoms with van der Waals surface area (Å²) < 4.78 is 2.07. The summed E-state index contributed by atoms with van der Waals surface area (Å²) in [7, 11) is 0. The number of fused-ring (bicyclic) bond motifs is 1. The summed E-state index contributed by atoms with van der Waals surface area (Å²) in [4.78, 5) is 4.42. The van der Waals surface area contributed by atoms with Crippen molar-refractivity contribution in [3.63, 3.8) is 0 Å². The third kappa shape index (κ3) is 2.25. The van der Waals surface area contributed by atoms with Gasteiger partial charge in [0, 0.05) is 17.4 Å². The van der Waals surface area contributed by atoms with Gasteiger partial charge in [0.15, 0.2) is 0 Å². The van der Waals surface area contributed by atoms with Crippen molar-refractivity contribution in [1.29, 1.82) is 0 Å². The Hall–Kier alpha value is -2.73. The van der Waals surface area contributed by atoms with Crippen LogP contribution in [0.5, 0.6) is 0 Å². The lowest BCUT2D eigenvalue weighted by molar-refractivity contribution is 1.09. The molecule has 0 amide bonds. The topological polar surface area (TPSA) is 55.1 Å². The van der Waals surface area contributed by atoms with Crippen LogP contribution in [-0.2, 0) is 0 Å². The number of pyridine rings is 1. The maximum Gasteiger partial charge on any atom is 0.209 e. The molecule has 0 saturated heterocycles. The van der Waals surface area contributed by atoms with Gasteiger partial charge in [-0.3, -0.25) is 4.40 Å². The third-order valence-electron chi connectivity index (χ3n) is 3.19. The summed E-state index contributed by atoms with van der Waals surface area (Å²) in [6, 6.07) is 14.2. The molecule has 0 unspecified atom stereocenters. The highest BCUT2D eigenvalue weighted by Gasteiger charge is 2.06. The number of benzene rings is 1. The molecule has 0 aliphatic carbocycles. The Kier molecular flexibility index (Phi) is 2.86. The van der Waals surface area contributed by atoms with E-state index in [0.717, 1.165) is 27.7 Å². The first kappa shape index (κ1) is 12.0. The summed E-state index contributed by atoms with van der Waals surface area (Å²) in [6.07, 6.45) is 3.90. The molecule has 0 saturated carbocycles. The zero-order valence-corrected chi connectivity index (χ0v) is 11.8. The van der Waals surface area contributed by atoms with Gasteiger partial charge in [-0.05, 0) is 24.3 Å². The van der Waals surface area contributed by atoms with E-state index < -0.39 is 0 Å². The van der Waals surface area contributed by atoms with Crippen LogP contribution in [0.15, 0.2) is 60.4 Å². The van der Waals surface area contributed by atoms with Crippen molar-refractivity contribution >= 4 is 27.8 Å². The number of anilines is 2. The summed E-state index contributed by atoms with van der Waals surface area (Å²) in [5, 5.41) is 11.8. The summed E-state index contributed by atoms with van der Waals surface area (Å²) in [6.45, 7) is 0. The zero-order chi connectivity index (χ0) is 14.1. The Morgan fingerprint density at radius 1 is 1.10 bits per heavy atom. The van der Waals surface area contributed by atoms with E-state index in [9.17, 15) is 0 Å². The van der Waals surface area contributed by atoms with Gasteiger partial charge < -0.3 is 5.32 Å². The van der Waals surface area contributed by atoms with Gasteiger partial charge in [0.2, 0.25) is 5.13 Å². The van der Waals surface area contributed by atoms with Gasteiger partial charge in [-0.2, -0.15) is 0 Å². The van der Waals surface area contributed by atoms with E-state index in [1.165, 1.54) is 11.3 Å². The lowest BCUT2D eigenvalue weighted by Crippen LogP contribution is -1.91. The highest BCUT2D eigenvalue weighted by molar-refractivity contribution is 7.13. The van der Waals surface area contributed by atoms with E-state index >= 15 is 0 Å². The summed E-state index contributed by atoms with van der Waals surface area (Å²) in [5.74, 6) is 0. The minimum absolute atomic E-state index is 0.783. The van der Waals surface area contributed by atoms with Crippen molar-refractivity contribution in [3.05, 3.63) is 60.4 Å². The Morgan fingerprint density at radius 3 is 3.00 bits per heavy atom. The summed E-state index contributed by atoms with van der Waals surface area (Å²) >= 11 is 1.47. The fourth-order valence-corrected chi connectivity index (χ4v) is 2.72. The normalized spacial score (nSPS) is 10.9. The molecule has 3 aromatic heterocycles. The number of aromatic nitrogens is 4. The van der Waals surface area contributed by atoms with Crippen molar-refractivity contribution in [1.82, 2.24) is 19.6 Å². The average Bonchev–Trinajstić information content (AvgIpc) is 3.16. The molecular formula is C15H11N5S. The fourth-order valence-electron chi connectivity index (χ4n) is 2.25. The minimum Gasteiger partial charge on any atom is -0.330 e. The second kappa shape index (κ2) is 4.99. The SMILES string of the molecule is c1cc(Nc2nncs2)cc(-c2cnc3ccccn23)c1. The predicted octanol–water partition coefficient (Wildman–Crippen LogP) is 3.60. The molecule has 0 spiro atoms. The third-order valence-corrected chi connectivity index (χ3v) is 3.79. The van der Waals surface area contributed by atoms with Crippen LogP contribution in [0.25, 0.3) is 16.9 Å². The molecule has 0 aliphatic heterocycles. The lowest BCUT2D eigenvalue weighted by Gasteiger charge is -2.06. The van der Waals surface area contributed by atoms with Crippen molar-refractivity contribution in [2.75, 3.05) is 5.32 Å². The standard InChI is InChI=1S/C15H11N5S/c1-2-7-20-13(9-16-14(20)6-1)11-4-3-5-12(8-11)18-15-19-17-10-21-15/h1-10H,(H,18,19). The van der Waals surface area contributed by atoms with E-state index in [2.05, 4.69) is 37.0 Å². The van der Waals surface area contributed by atoms with Crippen molar-refractivity contribution < 1.29 is 0 Å². The molecule has 6 heteroatoms. The van der Waals surface area contributed by atoms with Crippen LogP contribution in [0, 0.1) is 0 Å². The maximum atomic E-state index is 4.42. The minimum atomic E-state index is 0.783. The van der Waals surface area contributed by atoms with Crippen LogP contribution in [0.3, 0.4) is 0 Å². The molecule has 4 rings (SSSR count). The molecule has 3 heterocycles. The smallest absolute Gasteiger partial charge is 0.209 e. The van der Waals surface area contributed by atoms with Crippen LogP contribution in [0.4, 0.5) is 10.8 Å². The Labute approximate surface area is 124 Å². The first-order valence-electron chi connectivity index (χ1n) is 6.46. The number of nitrogens with one attached hydrogen (secondary N) is 1. The summed E-state index contributed by atoms with van der Waals surface area (Å²) in [5.41, 5.74) is 5.79. The molecule has 5 nitrogen and oxygen atoms in total. The van der Waals surface area contributed by atoms with Gasteiger partial charge in [0.05, 0.1) is 11.9 Å². The van der Waals surface area contributed by atoms with E-state index in [0.29, 0.717) is 0 Å². The maximum absolute atomic E-state index is 4.42. The van der Waals surface area contributed by atoms with Crippen LogP contribution in [0.2, 0.25) is 0 Å². The van der Waals surface area contributed by atoms with E-state index in [1.807, 2.05) is 42.7 Å². The van der Waals surface area contributed by atoms with Crippen LogP contribution < -0.4 is 5.32 Å². The zero-order valence-electron chi connectivity index (χ0n) is 11.0. The van der Waals surface area contributed by atoms with Crippen molar-refractivity contribution in [2.45, 2.75) is 0 Å². The Morgan fingerprint density at radius 2 is 2.10 bits per heavy atom. The second-order valence-corrected chi connectivity index (χ2v) is 5.36. The first-order chi connectivity index (χ1) is 10.4. The van der Waals surface area contributed by atoms with Gasteiger partial charge in [-0.1, -0.05) is 29.5 Å². The number of imidazole rings is 1. The van der Waals surface area contributed by atoms with Crippen LogP contribution >= 0.6 is 11.3 Å². The van der Waals surface area contributed by atoms with Crippen molar-refractivity contribution in [3.8, 4) is 11.3 Å². The average molecular weight is 293 g/mol. The fraction of sp³-hybridized carbons (Fsp3) is 0.